The van der Waals surface area contributed by atoms with E-state index in [0.29, 0.717) is 18.8 Å². The standard InChI is InChI=1S/C13H18F3N3O2S/c1-18(22(2,20)21)11-4-3-7-19(9-11)10-5-6-12(17-8-10)13(14,15)16/h5-6,8,11H,3-4,7,9H2,1-2H3. The van der Waals surface area contributed by atoms with E-state index in [2.05, 4.69) is 4.98 Å². The molecule has 5 nitrogen and oxygen atoms in total. The smallest absolute Gasteiger partial charge is 0.369 e. The van der Waals surface area contributed by atoms with E-state index in [9.17, 15) is 21.6 Å². The molecule has 22 heavy (non-hydrogen) atoms. The number of sulfonamides is 1. The van der Waals surface area contributed by atoms with Crippen molar-refractivity contribution in [2.75, 3.05) is 31.3 Å². The van der Waals surface area contributed by atoms with Crippen molar-refractivity contribution < 1.29 is 21.6 Å². The van der Waals surface area contributed by atoms with Crippen LogP contribution in [0.3, 0.4) is 0 Å². The summed E-state index contributed by atoms with van der Waals surface area (Å²) in [6, 6.07) is 2.13. The molecule has 0 saturated carbocycles. The van der Waals surface area contributed by atoms with Crippen molar-refractivity contribution >= 4 is 15.7 Å². The van der Waals surface area contributed by atoms with Gasteiger partial charge in [-0.15, -0.1) is 0 Å². The predicted molar refractivity (Wildman–Crippen MR) is 77.1 cm³/mol. The van der Waals surface area contributed by atoms with E-state index in [-0.39, 0.29) is 6.04 Å². The molecule has 1 aromatic rings. The Kier molecular flexibility index (Phi) is 4.67. The molecule has 1 aromatic heterocycles. The first-order valence-electron chi connectivity index (χ1n) is 6.80. The van der Waals surface area contributed by atoms with Gasteiger partial charge in [-0.2, -0.15) is 13.2 Å². The number of alkyl halides is 3. The monoisotopic (exact) mass is 337 g/mol. The fourth-order valence-electron chi connectivity index (χ4n) is 2.50. The maximum Gasteiger partial charge on any atom is 0.433 e. The van der Waals surface area contributed by atoms with Crippen molar-refractivity contribution in [3.63, 3.8) is 0 Å². The number of pyridine rings is 1. The number of hydrogen-bond donors (Lipinski definition) is 0. The molecule has 0 bridgehead atoms. The van der Waals surface area contributed by atoms with Crippen LogP contribution in [0.4, 0.5) is 18.9 Å². The van der Waals surface area contributed by atoms with Gasteiger partial charge >= 0.3 is 6.18 Å². The average Bonchev–Trinajstić information content (AvgIpc) is 2.45. The quantitative estimate of drug-likeness (QED) is 0.846. The molecule has 124 valence electrons. The summed E-state index contributed by atoms with van der Waals surface area (Å²) in [5, 5.41) is 0. The van der Waals surface area contributed by atoms with Crippen LogP contribution in [-0.2, 0) is 16.2 Å². The summed E-state index contributed by atoms with van der Waals surface area (Å²) in [5.41, 5.74) is -0.363. The molecule has 1 unspecified atom stereocenters. The van der Waals surface area contributed by atoms with Crippen LogP contribution >= 0.6 is 0 Å². The zero-order chi connectivity index (χ0) is 16.5. The first-order valence-corrected chi connectivity index (χ1v) is 8.65. The molecule has 0 amide bonds. The third kappa shape index (κ3) is 3.89. The highest BCUT2D eigenvalue weighted by Gasteiger charge is 2.33. The molecule has 1 aliphatic rings. The predicted octanol–water partition coefficient (Wildman–Crippen LogP) is 1.96. The Morgan fingerprint density at radius 2 is 2.05 bits per heavy atom. The van der Waals surface area contributed by atoms with E-state index in [4.69, 9.17) is 0 Å². The summed E-state index contributed by atoms with van der Waals surface area (Å²) in [7, 11) is -1.77. The minimum absolute atomic E-state index is 0.189. The highest BCUT2D eigenvalue weighted by molar-refractivity contribution is 7.88. The first-order chi connectivity index (χ1) is 10.1. The number of nitrogens with zero attached hydrogens (tertiary/aromatic N) is 3. The lowest BCUT2D eigenvalue weighted by molar-refractivity contribution is -0.141. The van der Waals surface area contributed by atoms with E-state index in [1.54, 1.807) is 0 Å². The minimum atomic E-state index is -4.46. The summed E-state index contributed by atoms with van der Waals surface area (Å²) >= 11 is 0. The van der Waals surface area contributed by atoms with Crippen LogP contribution in [0, 0.1) is 0 Å². The molecule has 1 aliphatic heterocycles. The second kappa shape index (κ2) is 6.04. The van der Waals surface area contributed by atoms with Crippen LogP contribution in [0.1, 0.15) is 18.5 Å². The average molecular weight is 337 g/mol. The third-order valence-electron chi connectivity index (χ3n) is 3.84. The molecule has 2 rings (SSSR count). The van der Waals surface area contributed by atoms with Crippen molar-refractivity contribution in [3.8, 4) is 0 Å². The molecule has 9 heteroatoms. The van der Waals surface area contributed by atoms with Gasteiger partial charge in [-0.25, -0.2) is 17.7 Å². The van der Waals surface area contributed by atoms with Crippen molar-refractivity contribution in [2.24, 2.45) is 0 Å². The maximum absolute atomic E-state index is 12.5. The molecule has 0 aromatic carbocycles. The first kappa shape index (κ1) is 17.0. The van der Waals surface area contributed by atoms with Gasteiger partial charge in [0.25, 0.3) is 0 Å². The van der Waals surface area contributed by atoms with Gasteiger partial charge in [0.1, 0.15) is 5.69 Å². The van der Waals surface area contributed by atoms with Gasteiger partial charge in [0.05, 0.1) is 18.1 Å². The van der Waals surface area contributed by atoms with Crippen LogP contribution in [0.15, 0.2) is 18.3 Å². The van der Waals surface area contributed by atoms with Gasteiger partial charge in [0, 0.05) is 26.2 Å². The Bertz CT molecular complexity index is 616. The number of rotatable bonds is 3. The van der Waals surface area contributed by atoms with E-state index in [0.717, 1.165) is 25.2 Å². The van der Waals surface area contributed by atoms with Gasteiger partial charge < -0.3 is 4.90 Å². The number of anilines is 1. The number of aromatic nitrogens is 1. The molecule has 1 atom stereocenters. The van der Waals surface area contributed by atoms with Crippen molar-refractivity contribution in [2.45, 2.75) is 25.1 Å². The summed E-state index contributed by atoms with van der Waals surface area (Å²) < 4.78 is 62.0. The zero-order valence-electron chi connectivity index (χ0n) is 12.3. The molecule has 1 saturated heterocycles. The molecule has 1 fully saturated rings. The second-order valence-corrected chi connectivity index (χ2v) is 7.46. The molecule has 0 spiro atoms. The Morgan fingerprint density at radius 3 is 2.55 bits per heavy atom. The van der Waals surface area contributed by atoms with E-state index in [1.165, 1.54) is 23.6 Å². The van der Waals surface area contributed by atoms with Gasteiger partial charge in [-0.05, 0) is 25.0 Å². The lowest BCUT2D eigenvalue weighted by Crippen LogP contribution is -2.48. The Hall–Kier alpha value is -1.35. The Morgan fingerprint density at radius 1 is 1.36 bits per heavy atom. The van der Waals surface area contributed by atoms with Crippen LogP contribution < -0.4 is 4.90 Å². The second-order valence-electron chi connectivity index (χ2n) is 5.42. The number of likely N-dealkylation sites (N-methyl/N-ethyl adjacent to an activating group) is 1. The van der Waals surface area contributed by atoms with Gasteiger partial charge in [-0.1, -0.05) is 0 Å². The van der Waals surface area contributed by atoms with Crippen LogP contribution in [0.25, 0.3) is 0 Å². The third-order valence-corrected chi connectivity index (χ3v) is 5.18. The maximum atomic E-state index is 12.5. The van der Waals surface area contributed by atoms with E-state index >= 15 is 0 Å². The zero-order valence-corrected chi connectivity index (χ0v) is 13.2. The van der Waals surface area contributed by atoms with Crippen LogP contribution in [0.5, 0.6) is 0 Å². The number of hydrogen-bond acceptors (Lipinski definition) is 4. The molecular formula is C13H18F3N3O2S. The van der Waals surface area contributed by atoms with Crippen molar-refractivity contribution in [3.05, 3.63) is 24.0 Å². The molecule has 2 heterocycles. The van der Waals surface area contributed by atoms with Gasteiger partial charge in [-0.3, -0.25) is 0 Å². The van der Waals surface area contributed by atoms with Crippen LogP contribution in [0.2, 0.25) is 0 Å². The van der Waals surface area contributed by atoms with E-state index < -0.39 is 21.9 Å². The SMILES string of the molecule is CN(C1CCCN(c2ccc(C(F)(F)F)nc2)C1)S(C)(=O)=O. The Balaban J connectivity index is 2.13. The Labute approximate surface area is 127 Å². The number of halogens is 3. The van der Waals surface area contributed by atoms with Crippen molar-refractivity contribution in [1.82, 2.24) is 9.29 Å². The van der Waals surface area contributed by atoms with E-state index in [1.807, 2.05) is 4.90 Å². The summed E-state index contributed by atoms with van der Waals surface area (Å²) in [6.45, 7) is 1.11. The van der Waals surface area contributed by atoms with Crippen molar-refractivity contribution in [1.29, 1.82) is 0 Å². The summed E-state index contributed by atoms with van der Waals surface area (Å²) in [6.07, 6.45) is -0.629. The normalized spacial score (nSPS) is 20.5. The minimum Gasteiger partial charge on any atom is -0.369 e. The lowest BCUT2D eigenvalue weighted by atomic mass is 10.1. The summed E-state index contributed by atoms with van der Waals surface area (Å²) in [4.78, 5) is 5.31. The molecular weight excluding hydrogens is 319 g/mol. The highest BCUT2D eigenvalue weighted by atomic mass is 32.2. The fourth-order valence-corrected chi connectivity index (χ4v) is 3.21. The fraction of sp³-hybridized carbons (Fsp3) is 0.615. The van der Waals surface area contributed by atoms with Gasteiger partial charge in [0.15, 0.2) is 0 Å². The molecule has 0 aliphatic carbocycles. The molecule has 0 radical (unpaired) electrons. The highest BCUT2D eigenvalue weighted by Crippen LogP contribution is 2.29. The van der Waals surface area contributed by atoms with Gasteiger partial charge in [0.2, 0.25) is 10.0 Å². The summed E-state index contributed by atoms with van der Waals surface area (Å²) in [5.74, 6) is 0. The lowest BCUT2D eigenvalue weighted by Gasteiger charge is -2.37. The molecule has 0 N–H and O–H groups in total. The topological polar surface area (TPSA) is 53.5 Å². The van der Waals surface area contributed by atoms with Crippen LogP contribution in [-0.4, -0.2) is 50.1 Å². The number of piperidine rings is 1. The largest absolute Gasteiger partial charge is 0.433 e.